The van der Waals surface area contributed by atoms with Crippen LogP contribution in [-0.2, 0) is 14.2 Å². The van der Waals surface area contributed by atoms with Gasteiger partial charge in [-0.1, -0.05) is 38.0 Å². The Hall–Kier alpha value is -2.18. The van der Waals surface area contributed by atoms with Crippen LogP contribution in [-0.4, -0.2) is 36.4 Å². The van der Waals surface area contributed by atoms with Gasteiger partial charge in [-0.3, -0.25) is 9.59 Å². The molecular formula is C23H27BO5. The minimum absolute atomic E-state index is 0.00282. The lowest BCUT2D eigenvalue weighted by atomic mass is 9.55. The second-order valence-corrected chi connectivity index (χ2v) is 8.20. The molecule has 29 heavy (non-hydrogen) atoms. The van der Waals surface area contributed by atoms with Crippen LogP contribution >= 0.6 is 0 Å². The van der Waals surface area contributed by atoms with Gasteiger partial charge >= 0.3 is 7.12 Å². The number of ketones is 2. The summed E-state index contributed by atoms with van der Waals surface area (Å²) in [4.78, 5) is 25.3. The molecular weight excluding hydrogens is 367 g/mol. The van der Waals surface area contributed by atoms with Crippen molar-refractivity contribution in [2.45, 2.75) is 45.0 Å². The van der Waals surface area contributed by atoms with Crippen molar-refractivity contribution in [3.8, 4) is 5.75 Å². The largest absolute Gasteiger partial charge is 0.489 e. The fourth-order valence-electron chi connectivity index (χ4n) is 5.04. The summed E-state index contributed by atoms with van der Waals surface area (Å²) in [6.07, 6.45) is 6.25. The smallest absolute Gasteiger partial charge is 0.455 e. The van der Waals surface area contributed by atoms with Crippen molar-refractivity contribution in [1.82, 2.24) is 0 Å². The number of hydrogen-bond donors (Lipinski definition) is 1. The van der Waals surface area contributed by atoms with Crippen molar-refractivity contribution in [3.63, 3.8) is 0 Å². The van der Waals surface area contributed by atoms with Gasteiger partial charge in [0.1, 0.15) is 12.4 Å². The average Bonchev–Trinajstić information content (AvgIpc) is 2.73. The topological polar surface area (TPSA) is 72.8 Å². The molecule has 0 saturated carbocycles. The van der Waals surface area contributed by atoms with Gasteiger partial charge in [0.25, 0.3) is 0 Å². The summed E-state index contributed by atoms with van der Waals surface area (Å²) in [5, 5.41) is 10.4. The normalized spacial score (nSPS) is 29.0. The third kappa shape index (κ3) is 4.10. The van der Waals surface area contributed by atoms with E-state index in [1.165, 1.54) is 12.2 Å². The zero-order chi connectivity index (χ0) is 20.4. The second kappa shape index (κ2) is 8.68. The van der Waals surface area contributed by atoms with Crippen LogP contribution in [0.4, 0.5) is 0 Å². The number of carbonyl (C=O) groups is 2. The van der Waals surface area contributed by atoms with Crippen molar-refractivity contribution in [1.29, 1.82) is 0 Å². The standard InChI is InChI=1S/C23H27BO5/c1-2-3-9-21-22-15(14-28-16-7-5-4-6-8-16)12-17-19(25)10-11-20(26)23(17)18(22)13-24(27)29-21/h4-8,10-11,17-18,21,23,27H,2-3,9,12-14H2,1H3/t17-,18-,21+,23+/m0/s1. The summed E-state index contributed by atoms with van der Waals surface area (Å²) in [6, 6.07) is 9.59. The maximum atomic E-state index is 12.7. The predicted molar refractivity (Wildman–Crippen MR) is 110 cm³/mol. The molecule has 1 heterocycles. The molecule has 4 rings (SSSR count). The number of unbranched alkanes of at least 4 members (excludes halogenated alkanes) is 1. The Morgan fingerprint density at radius 1 is 1.14 bits per heavy atom. The number of fused-ring (bicyclic) bond motifs is 3. The van der Waals surface area contributed by atoms with Crippen molar-refractivity contribution in [2.75, 3.05) is 6.61 Å². The van der Waals surface area contributed by atoms with Crippen LogP contribution in [0.25, 0.3) is 0 Å². The summed E-state index contributed by atoms with van der Waals surface area (Å²) in [5.41, 5.74) is 2.13. The monoisotopic (exact) mass is 394 g/mol. The van der Waals surface area contributed by atoms with Gasteiger partial charge in [0, 0.05) is 11.8 Å². The van der Waals surface area contributed by atoms with E-state index in [2.05, 4.69) is 6.92 Å². The molecule has 1 N–H and O–H groups in total. The molecule has 0 bridgehead atoms. The highest BCUT2D eigenvalue weighted by Crippen LogP contribution is 2.48. The maximum absolute atomic E-state index is 12.7. The zero-order valence-electron chi connectivity index (χ0n) is 16.8. The Bertz CT molecular complexity index is 831. The first-order valence-corrected chi connectivity index (χ1v) is 10.6. The van der Waals surface area contributed by atoms with E-state index in [0.29, 0.717) is 19.3 Å². The van der Waals surface area contributed by atoms with E-state index >= 15 is 0 Å². The summed E-state index contributed by atoms with van der Waals surface area (Å²) in [6.45, 7) is 2.49. The van der Waals surface area contributed by atoms with E-state index in [-0.39, 0.29) is 29.5 Å². The average molecular weight is 394 g/mol. The van der Waals surface area contributed by atoms with Crippen LogP contribution in [0, 0.1) is 17.8 Å². The molecule has 0 aromatic heterocycles. The molecule has 5 nitrogen and oxygen atoms in total. The highest BCUT2D eigenvalue weighted by Gasteiger charge is 2.51. The number of ether oxygens (including phenoxy) is 1. The minimum Gasteiger partial charge on any atom is -0.489 e. The third-order valence-corrected chi connectivity index (χ3v) is 6.35. The van der Waals surface area contributed by atoms with E-state index in [4.69, 9.17) is 9.39 Å². The van der Waals surface area contributed by atoms with E-state index in [0.717, 1.165) is 36.2 Å². The van der Waals surface area contributed by atoms with Crippen LogP contribution in [0.1, 0.15) is 32.6 Å². The molecule has 2 aliphatic carbocycles. The Kier molecular flexibility index (Phi) is 6.02. The van der Waals surface area contributed by atoms with Crippen molar-refractivity contribution in [3.05, 3.63) is 53.6 Å². The summed E-state index contributed by atoms with van der Waals surface area (Å²) >= 11 is 0. The van der Waals surface area contributed by atoms with E-state index in [1.54, 1.807) is 0 Å². The van der Waals surface area contributed by atoms with Gasteiger partial charge in [0.05, 0.1) is 6.10 Å². The van der Waals surface area contributed by atoms with Gasteiger partial charge < -0.3 is 14.4 Å². The molecule has 1 saturated heterocycles. The Balaban J connectivity index is 1.70. The third-order valence-electron chi connectivity index (χ3n) is 6.35. The van der Waals surface area contributed by atoms with Gasteiger partial charge in [-0.05, 0) is 60.5 Å². The lowest BCUT2D eigenvalue weighted by Crippen LogP contribution is -2.49. The molecule has 1 aliphatic heterocycles. The minimum atomic E-state index is -0.908. The van der Waals surface area contributed by atoms with Crippen LogP contribution in [0.3, 0.4) is 0 Å². The number of allylic oxidation sites excluding steroid dienone is 2. The number of hydrogen-bond acceptors (Lipinski definition) is 5. The molecule has 0 radical (unpaired) electrons. The molecule has 3 aliphatic rings. The molecule has 0 spiro atoms. The van der Waals surface area contributed by atoms with Gasteiger partial charge in [-0.2, -0.15) is 0 Å². The van der Waals surface area contributed by atoms with Gasteiger partial charge in [0.15, 0.2) is 11.6 Å². The van der Waals surface area contributed by atoms with Gasteiger partial charge in [-0.25, -0.2) is 0 Å². The Morgan fingerprint density at radius 2 is 1.90 bits per heavy atom. The fourth-order valence-corrected chi connectivity index (χ4v) is 5.04. The molecule has 1 fully saturated rings. The molecule has 0 unspecified atom stereocenters. The van der Waals surface area contributed by atoms with Crippen molar-refractivity contribution < 1.29 is 24.0 Å². The first kappa shape index (κ1) is 20.1. The highest BCUT2D eigenvalue weighted by molar-refractivity contribution is 6.43. The van der Waals surface area contributed by atoms with E-state index in [1.807, 2.05) is 30.3 Å². The lowest BCUT2D eigenvalue weighted by Gasteiger charge is -2.46. The second-order valence-electron chi connectivity index (χ2n) is 8.20. The molecule has 4 atom stereocenters. The molecule has 152 valence electrons. The van der Waals surface area contributed by atoms with E-state index < -0.39 is 13.0 Å². The van der Waals surface area contributed by atoms with Crippen molar-refractivity contribution in [2.24, 2.45) is 17.8 Å². The zero-order valence-corrected chi connectivity index (χ0v) is 16.8. The highest BCUT2D eigenvalue weighted by atomic mass is 16.5. The lowest BCUT2D eigenvalue weighted by molar-refractivity contribution is -0.131. The van der Waals surface area contributed by atoms with Crippen LogP contribution in [0.2, 0.25) is 6.32 Å². The predicted octanol–water partition coefficient (Wildman–Crippen LogP) is 3.39. The number of rotatable bonds is 6. The van der Waals surface area contributed by atoms with Gasteiger partial charge in [0.2, 0.25) is 0 Å². The summed E-state index contributed by atoms with van der Waals surface area (Å²) in [7, 11) is -0.908. The SMILES string of the molecule is CCCC[C@H]1OB(O)C[C@H]2C1=C(COc1ccccc1)C[C@H]1C(=O)C=CC(=O)[C@H]12. The molecule has 1 aromatic carbocycles. The number of benzene rings is 1. The Morgan fingerprint density at radius 3 is 2.66 bits per heavy atom. The van der Waals surface area contributed by atoms with E-state index in [9.17, 15) is 14.6 Å². The molecule has 0 amide bonds. The first-order chi connectivity index (χ1) is 14.1. The number of carbonyl (C=O) groups excluding carboxylic acids is 2. The van der Waals surface area contributed by atoms with Crippen LogP contribution in [0.5, 0.6) is 5.75 Å². The van der Waals surface area contributed by atoms with Crippen molar-refractivity contribution >= 4 is 18.7 Å². The van der Waals surface area contributed by atoms with Gasteiger partial charge in [-0.15, -0.1) is 0 Å². The summed E-state index contributed by atoms with van der Waals surface area (Å²) < 4.78 is 11.9. The quantitative estimate of drug-likeness (QED) is 0.592. The number of para-hydroxylation sites is 1. The van der Waals surface area contributed by atoms with Crippen LogP contribution in [0.15, 0.2) is 53.6 Å². The fraction of sp³-hybridized carbons (Fsp3) is 0.478. The molecule has 6 heteroatoms. The Labute approximate surface area is 171 Å². The maximum Gasteiger partial charge on any atom is 0.455 e. The first-order valence-electron chi connectivity index (χ1n) is 10.6. The summed E-state index contributed by atoms with van der Waals surface area (Å²) in [5.74, 6) is -0.180. The van der Waals surface area contributed by atoms with Crippen LogP contribution < -0.4 is 4.74 Å². The molecule has 1 aromatic rings.